The number of fused-ring (bicyclic) bond motifs is 1. The van der Waals surface area contributed by atoms with E-state index in [4.69, 9.17) is 14.5 Å². The molecule has 5 rings (SSSR count). The first-order valence-corrected chi connectivity index (χ1v) is 13.6. The van der Waals surface area contributed by atoms with Crippen LogP contribution in [-0.4, -0.2) is 61.4 Å². The van der Waals surface area contributed by atoms with Gasteiger partial charge >= 0.3 is 0 Å². The highest BCUT2D eigenvalue weighted by Crippen LogP contribution is 2.32. The number of carbonyl (C=O) groups is 1. The van der Waals surface area contributed by atoms with Gasteiger partial charge in [0.25, 0.3) is 5.91 Å². The third-order valence-corrected chi connectivity index (χ3v) is 7.65. The smallest absolute Gasteiger partial charge is 0.260 e. The summed E-state index contributed by atoms with van der Waals surface area (Å²) in [6, 6.07) is 23.2. The Morgan fingerprint density at radius 2 is 1.80 bits per heavy atom. The van der Waals surface area contributed by atoms with E-state index in [9.17, 15) is 4.79 Å². The fraction of sp³-hybridized carbons (Fsp3) is 0.259. The van der Waals surface area contributed by atoms with Crippen molar-refractivity contribution in [1.82, 2.24) is 9.88 Å². The summed E-state index contributed by atoms with van der Waals surface area (Å²) in [6.07, 6.45) is 2.06. The Labute approximate surface area is 213 Å². The van der Waals surface area contributed by atoms with Crippen LogP contribution >= 0.6 is 23.1 Å². The van der Waals surface area contributed by atoms with E-state index in [1.54, 1.807) is 23.1 Å². The Morgan fingerprint density at radius 1 is 1.06 bits per heavy atom. The molecule has 0 bridgehead atoms. The first-order valence-electron chi connectivity index (χ1n) is 11.6. The molecule has 1 amide bonds. The molecular formula is C27H27N3O3S2. The van der Waals surface area contributed by atoms with Gasteiger partial charge in [-0.05, 0) is 60.9 Å². The van der Waals surface area contributed by atoms with Crippen molar-refractivity contribution in [3.63, 3.8) is 0 Å². The van der Waals surface area contributed by atoms with Crippen LogP contribution in [0.4, 0.5) is 5.13 Å². The Balaban J connectivity index is 1.38. The van der Waals surface area contributed by atoms with Gasteiger partial charge in [-0.1, -0.05) is 29.5 Å². The molecule has 1 aliphatic rings. The summed E-state index contributed by atoms with van der Waals surface area (Å²) in [5.41, 5.74) is 1.52. The zero-order chi connectivity index (χ0) is 24.0. The van der Waals surface area contributed by atoms with Crippen molar-refractivity contribution < 1.29 is 14.3 Å². The largest absolute Gasteiger partial charge is 0.457 e. The van der Waals surface area contributed by atoms with E-state index in [1.165, 1.54) is 4.90 Å². The summed E-state index contributed by atoms with van der Waals surface area (Å²) in [4.78, 5) is 23.8. The van der Waals surface area contributed by atoms with Gasteiger partial charge in [-0.25, -0.2) is 4.98 Å². The van der Waals surface area contributed by atoms with Crippen LogP contribution in [0.2, 0.25) is 0 Å². The van der Waals surface area contributed by atoms with Gasteiger partial charge in [0, 0.05) is 36.6 Å². The maximum atomic E-state index is 13.7. The second-order valence-electron chi connectivity index (χ2n) is 8.18. The minimum absolute atomic E-state index is 0.0614. The molecule has 0 spiro atoms. The molecule has 0 aliphatic carbocycles. The van der Waals surface area contributed by atoms with Crippen molar-refractivity contribution in [1.29, 1.82) is 0 Å². The Bertz CT molecular complexity index is 1270. The molecule has 35 heavy (non-hydrogen) atoms. The molecule has 2 heterocycles. The van der Waals surface area contributed by atoms with Crippen LogP contribution < -0.4 is 9.64 Å². The highest BCUT2D eigenvalue weighted by molar-refractivity contribution is 7.98. The third-order valence-electron chi connectivity index (χ3n) is 5.88. The predicted molar refractivity (Wildman–Crippen MR) is 143 cm³/mol. The minimum atomic E-state index is -0.0614. The highest BCUT2D eigenvalue weighted by Gasteiger charge is 2.23. The molecule has 0 atom stereocenters. The summed E-state index contributed by atoms with van der Waals surface area (Å²) < 4.78 is 12.5. The van der Waals surface area contributed by atoms with Gasteiger partial charge in [-0.15, -0.1) is 11.8 Å². The number of thiazole rings is 1. The van der Waals surface area contributed by atoms with Crippen molar-refractivity contribution in [2.45, 2.75) is 4.90 Å². The van der Waals surface area contributed by atoms with Crippen molar-refractivity contribution in [3.05, 3.63) is 78.4 Å². The summed E-state index contributed by atoms with van der Waals surface area (Å²) in [5.74, 6) is 1.39. The normalized spacial score (nSPS) is 14.2. The number of amides is 1. The molecule has 6 nitrogen and oxygen atoms in total. The van der Waals surface area contributed by atoms with Gasteiger partial charge in [0.05, 0.1) is 23.4 Å². The zero-order valence-corrected chi connectivity index (χ0v) is 21.2. The second kappa shape index (κ2) is 11.2. The maximum absolute atomic E-state index is 13.7. The molecule has 8 heteroatoms. The van der Waals surface area contributed by atoms with Crippen LogP contribution in [0.5, 0.6) is 11.5 Å². The summed E-state index contributed by atoms with van der Waals surface area (Å²) in [6.45, 7) is 4.56. The number of morpholine rings is 1. The first-order chi connectivity index (χ1) is 17.2. The molecule has 1 aromatic heterocycles. The van der Waals surface area contributed by atoms with E-state index in [0.29, 0.717) is 17.9 Å². The van der Waals surface area contributed by atoms with Crippen molar-refractivity contribution in [2.24, 2.45) is 0 Å². The number of aromatic nitrogens is 1. The van der Waals surface area contributed by atoms with Crippen LogP contribution in [0.15, 0.2) is 77.7 Å². The number of hydrogen-bond acceptors (Lipinski definition) is 7. The quantitative estimate of drug-likeness (QED) is 0.283. The zero-order valence-electron chi connectivity index (χ0n) is 19.6. The Morgan fingerprint density at radius 3 is 2.54 bits per heavy atom. The van der Waals surface area contributed by atoms with Crippen LogP contribution in [0.25, 0.3) is 10.2 Å². The van der Waals surface area contributed by atoms with Crippen molar-refractivity contribution in [2.75, 3.05) is 50.5 Å². The first kappa shape index (κ1) is 23.8. The third kappa shape index (κ3) is 5.85. The van der Waals surface area contributed by atoms with Gasteiger partial charge in [-0.3, -0.25) is 14.6 Å². The lowest BCUT2D eigenvalue weighted by molar-refractivity contribution is 0.0391. The SMILES string of the molecule is CSc1ccc2nc(N(CCN3CCOCC3)C(=O)c3ccc(Oc4ccccc4)cc3)sc2c1. The monoisotopic (exact) mass is 505 g/mol. The minimum Gasteiger partial charge on any atom is -0.457 e. The topological polar surface area (TPSA) is 54.9 Å². The van der Waals surface area contributed by atoms with E-state index >= 15 is 0 Å². The van der Waals surface area contributed by atoms with Gasteiger partial charge in [0.15, 0.2) is 5.13 Å². The van der Waals surface area contributed by atoms with Crippen LogP contribution in [0.3, 0.4) is 0 Å². The molecule has 0 unspecified atom stereocenters. The summed E-state index contributed by atoms with van der Waals surface area (Å²) in [7, 11) is 0. The lowest BCUT2D eigenvalue weighted by Gasteiger charge is -2.29. The number of nitrogens with zero attached hydrogens (tertiary/aromatic N) is 3. The standard InChI is InChI=1S/C27H27N3O3S2/c1-34-23-11-12-24-25(19-23)35-27(28-24)30(14-13-29-15-17-32-18-16-29)26(31)20-7-9-22(10-8-20)33-21-5-3-2-4-6-21/h2-12,19H,13-18H2,1H3. The number of carbonyl (C=O) groups excluding carboxylic acids is 1. The second-order valence-corrected chi connectivity index (χ2v) is 10.1. The van der Waals surface area contributed by atoms with E-state index in [2.05, 4.69) is 23.3 Å². The van der Waals surface area contributed by atoms with E-state index in [-0.39, 0.29) is 5.91 Å². The van der Waals surface area contributed by atoms with E-state index in [0.717, 1.165) is 53.9 Å². The number of para-hydroxylation sites is 1. The van der Waals surface area contributed by atoms with Crippen LogP contribution in [0, 0.1) is 0 Å². The average Bonchev–Trinajstić information content (AvgIpc) is 3.33. The Kier molecular flexibility index (Phi) is 7.63. The molecule has 0 radical (unpaired) electrons. The summed E-state index contributed by atoms with van der Waals surface area (Å²) in [5, 5.41) is 0.723. The number of ether oxygens (including phenoxy) is 2. The lowest BCUT2D eigenvalue weighted by atomic mass is 10.2. The average molecular weight is 506 g/mol. The number of benzene rings is 3. The van der Waals surface area contributed by atoms with Crippen LogP contribution in [-0.2, 0) is 4.74 Å². The molecule has 0 saturated carbocycles. The van der Waals surface area contributed by atoms with Gasteiger partial charge in [-0.2, -0.15) is 0 Å². The van der Waals surface area contributed by atoms with Gasteiger partial charge < -0.3 is 9.47 Å². The number of anilines is 1. The molecular weight excluding hydrogens is 478 g/mol. The molecule has 1 fully saturated rings. The predicted octanol–water partition coefficient (Wildman–Crippen LogP) is 5.79. The fourth-order valence-corrected chi connectivity index (χ4v) is 5.48. The van der Waals surface area contributed by atoms with Crippen molar-refractivity contribution >= 4 is 44.4 Å². The molecule has 180 valence electrons. The van der Waals surface area contributed by atoms with Crippen LogP contribution in [0.1, 0.15) is 10.4 Å². The molecule has 1 aliphatic heterocycles. The Hall–Kier alpha value is -2.91. The van der Waals surface area contributed by atoms with Gasteiger partial charge in [0.1, 0.15) is 11.5 Å². The molecule has 4 aromatic rings. The van der Waals surface area contributed by atoms with Gasteiger partial charge in [0.2, 0.25) is 0 Å². The van der Waals surface area contributed by atoms with E-state index < -0.39 is 0 Å². The number of rotatable bonds is 8. The number of hydrogen-bond donors (Lipinski definition) is 0. The lowest BCUT2D eigenvalue weighted by Crippen LogP contribution is -2.43. The number of thioether (sulfide) groups is 1. The molecule has 3 aromatic carbocycles. The van der Waals surface area contributed by atoms with E-state index in [1.807, 2.05) is 65.6 Å². The fourth-order valence-electron chi connectivity index (χ4n) is 3.93. The maximum Gasteiger partial charge on any atom is 0.260 e. The molecule has 0 N–H and O–H groups in total. The highest BCUT2D eigenvalue weighted by atomic mass is 32.2. The van der Waals surface area contributed by atoms with Crippen molar-refractivity contribution in [3.8, 4) is 11.5 Å². The molecule has 1 saturated heterocycles. The summed E-state index contributed by atoms with van der Waals surface area (Å²) >= 11 is 3.27.